The summed E-state index contributed by atoms with van der Waals surface area (Å²) in [4.78, 5) is 14.4. The summed E-state index contributed by atoms with van der Waals surface area (Å²) in [5.41, 5.74) is 2.75. The van der Waals surface area contributed by atoms with Crippen LogP contribution in [-0.4, -0.2) is 57.2 Å². The van der Waals surface area contributed by atoms with Gasteiger partial charge in [-0.15, -0.1) is 0 Å². The van der Waals surface area contributed by atoms with Crippen LogP contribution < -0.4 is 10.6 Å². The molecule has 1 fully saturated rings. The van der Waals surface area contributed by atoms with E-state index in [0.29, 0.717) is 6.54 Å². The maximum atomic E-state index is 12.1. The lowest BCUT2D eigenvalue weighted by Crippen LogP contribution is -2.41. The first-order valence-electron chi connectivity index (χ1n) is 7.07. The molecule has 2 rings (SSSR count). The number of ether oxygens (including phenoxy) is 1. The largest absolute Gasteiger partial charge is 0.388 e. The van der Waals surface area contributed by atoms with Crippen molar-refractivity contribution in [2.75, 3.05) is 51.8 Å². The highest BCUT2D eigenvalue weighted by Crippen LogP contribution is 2.14. The fourth-order valence-corrected chi connectivity index (χ4v) is 2.32. The average Bonchev–Trinajstić information content (AvgIpc) is 2.48. The molecule has 0 radical (unpaired) electrons. The predicted octanol–water partition coefficient (Wildman–Crippen LogP) is 1.10. The van der Waals surface area contributed by atoms with Gasteiger partial charge in [-0.05, 0) is 30.7 Å². The highest BCUT2D eigenvalue weighted by Gasteiger charge is 2.12. The van der Waals surface area contributed by atoms with E-state index in [0.717, 1.165) is 49.7 Å². The molecule has 0 aromatic heterocycles. The van der Waals surface area contributed by atoms with Crippen LogP contribution in [0.4, 0.5) is 5.69 Å². The van der Waals surface area contributed by atoms with Gasteiger partial charge in [-0.2, -0.15) is 0 Å². The van der Waals surface area contributed by atoms with Gasteiger partial charge in [-0.1, -0.05) is 0 Å². The molecule has 0 spiro atoms. The zero-order chi connectivity index (χ0) is 14.4. The maximum absolute atomic E-state index is 12.1. The Morgan fingerprint density at radius 3 is 2.75 bits per heavy atom. The Hall–Kier alpha value is -1.59. The average molecular weight is 277 g/mol. The summed E-state index contributed by atoms with van der Waals surface area (Å²) in [7, 11) is 1.87. The van der Waals surface area contributed by atoms with Crippen LogP contribution in [0.3, 0.4) is 0 Å². The molecule has 1 aliphatic rings. The summed E-state index contributed by atoms with van der Waals surface area (Å²) in [5.74, 6) is -0.00147. The first-order valence-corrected chi connectivity index (χ1v) is 7.07. The molecule has 1 saturated heterocycles. The number of carbonyl (C=O) groups excluding carboxylic acids is 1. The molecular formula is C15H23N3O2. The second-order valence-electron chi connectivity index (χ2n) is 4.99. The summed E-state index contributed by atoms with van der Waals surface area (Å²) in [5, 5.41) is 6.05. The Morgan fingerprint density at radius 2 is 2.10 bits per heavy atom. The Labute approximate surface area is 120 Å². The van der Waals surface area contributed by atoms with E-state index in [1.165, 1.54) is 0 Å². The van der Waals surface area contributed by atoms with Crippen molar-refractivity contribution in [3.8, 4) is 0 Å². The molecule has 0 aliphatic carbocycles. The summed E-state index contributed by atoms with van der Waals surface area (Å²) in [6.45, 7) is 6.99. The number of carbonyl (C=O) groups is 1. The first-order chi connectivity index (χ1) is 9.70. The van der Waals surface area contributed by atoms with Gasteiger partial charge >= 0.3 is 0 Å². The van der Waals surface area contributed by atoms with Gasteiger partial charge in [0.2, 0.25) is 0 Å². The van der Waals surface area contributed by atoms with Crippen molar-refractivity contribution in [2.45, 2.75) is 6.92 Å². The summed E-state index contributed by atoms with van der Waals surface area (Å²) in [6, 6.07) is 5.77. The number of anilines is 1. The lowest BCUT2D eigenvalue weighted by Gasteiger charge is -2.26. The van der Waals surface area contributed by atoms with Gasteiger partial charge in [0.15, 0.2) is 0 Å². The van der Waals surface area contributed by atoms with Crippen molar-refractivity contribution in [3.05, 3.63) is 29.3 Å². The molecule has 1 amide bonds. The fraction of sp³-hybridized carbons (Fsp3) is 0.533. The van der Waals surface area contributed by atoms with E-state index in [9.17, 15) is 4.79 Å². The molecule has 1 aromatic rings. The predicted molar refractivity (Wildman–Crippen MR) is 80.3 cm³/mol. The molecule has 1 heterocycles. The Morgan fingerprint density at radius 1 is 1.35 bits per heavy atom. The molecule has 110 valence electrons. The number of benzene rings is 1. The minimum Gasteiger partial charge on any atom is -0.388 e. The molecule has 1 aliphatic heterocycles. The second kappa shape index (κ2) is 7.26. The number of nitrogens with one attached hydrogen (secondary N) is 2. The quantitative estimate of drug-likeness (QED) is 0.846. The lowest BCUT2D eigenvalue weighted by molar-refractivity contribution is 0.0383. The topological polar surface area (TPSA) is 53.6 Å². The van der Waals surface area contributed by atoms with Crippen molar-refractivity contribution in [3.63, 3.8) is 0 Å². The van der Waals surface area contributed by atoms with Gasteiger partial charge < -0.3 is 15.4 Å². The van der Waals surface area contributed by atoms with Crippen molar-refractivity contribution < 1.29 is 9.53 Å². The van der Waals surface area contributed by atoms with E-state index >= 15 is 0 Å². The number of amides is 1. The Kier molecular flexibility index (Phi) is 5.38. The number of hydrogen-bond acceptors (Lipinski definition) is 4. The molecule has 5 nitrogen and oxygen atoms in total. The van der Waals surface area contributed by atoms with E-state index in [1.54, 1.807) is 0 Å². The highest BCUT2D eigenvalue weighted by molar-refractivity contribution is 5.96. The van der Waals surface area contributed by atoms with Crippen LogP contribution in [0.2, 0.25) is 0 Å². The summed E-state index contributed by atoms with van der Waals surface area (Å²) >= 11 is 0. The van der Waals surface area contributed by atoms with Crippen LogP contribution in [0.5, 0.6) is 0 Å². The minimum absolute atomic E-state index is 0.00147. The van der Waals surface area contributed by atoms with E-state index in [4.69, 9.17) is 4.74 Å². The van der Waals surface area contributed by atoms with Crippen LogP contribution in [0, 0.1) is 6.92 Å². The smallest absolute Gasteiger partial charge is 0.251 e. The number of rotatable bonds is 5. The van der Waals surface area contributed by atoms with Crippen LogP contribution in [0.1, 0.15) is 15.9 Å². The molecule has 0 bridgehead atoms. The van der Waals surface area contributed by atoms with E-state index < -0.39 is 0 Å². The Balaban J connectivity index is 1.82. The summed E-state index contributed by atoms with van der Waals surface area (Å²) in [6.07, 6.45) is 0. The molecule has 1 aromatic carbocycles. The first kappa shape index (κ1) is 14.8. The summed E-state index contributed by atoms with van der Waals surface area (Å²) < 4.78 is 5.30. The van der Waals surface area contributed by atoms with Gasteiger partial charge in [0.1, 0.15) is 0 Å². The highest BCUT2D eigenvalue weighted by atomic mass is 16.5. The number of hydrogen-bond donors (Lipinski definition) is 2. The third-order valence-electron chi connectivity index (χ3n) is 3.58. The van der Waals surface area contributed by atoms with Gasteiger partial charge in [0, 0.05) is 44.5 Å². The van der Waals surface area contributed by atoms with Gasteiger partial charge in [-0.3, -0.25) is 9.69 Å². The SMILES string of the molecule is CNc1ccc(C(=O)NCCN2CCOCC2)c(C)c1. The van der Waals surface area contributed by atoms with Crippen LogP contribution in [-0.2, 0) is 4.74 Å². The Bertz CT molecular complexity index is 456. The molecular weight excluding hydrogens is 254 g/mol. The van der Waals surface area contributed by atoms with Crippen molar-refractivity contribution in [1.82, 2.24) is 10.2 Å². The lowest BCUT2D eigenvalue weighted by atomic mass is 10.1. The molecule has 2 N–H and O–H groups in total. The van der Waals surface area contributed by atoms with E-state index in [1.807, 2.05) is 32.2 Å². The third-order valence-corrected chi connectivity index (χ3v) is 3.58. The van der Waals surface area contributed by atoms with E-state index in [-0.39, 0.29) is 5.91 Å². The molecule has 0 unspecified atom stereocenters. The molecule has 20 heavy (non-hydrogen) atoms. The zero-order valence-electron chi connectivity index (χ0n) is 12.2. The van der Waals surface area contributed by atoms with E-state index in [2.05, 4.69) is 15.5 Å². The minimum atomic E-state index is -0.00147. The van der Waals surface area contributed by atoms with Crippen LogP contribution >= 0.6 is 0 Å². The van der Waals surface area contributed by atoms with Crippen molar-refractivity contribution in [2.24, 2.45) is 0 Å². The molecule has 0 atom stereocenters. The van der Waals surface area contributed by atoms with Gasteiger partial charge in [0.25, 0.3) is 5.91 Å². The zero-order valence-corrected chi connectivity index (χ0v) is 12.2. The van der Waals surface area contributed by atoms with Crippen molar-refractivity contribution >= 4 is 11.6 Å². The number of nitrogens with zero attached hydrogens (tertiary/aromatic N) is 1. The normalized spacial score (nSPS) is 15.9. The van der Waals surface area contributed by atoms with Crippen LogP contribution in [0.15, 0.2) is 18.2 Å². The van der Waals surface area contributed by atoms with Crippen LogP contribution in [0.25, 0.3) is 0 Å². The fourth-order valence-electron chi connectivity index (χ4n) is 2.32. The number of morpholine rings is 1. The number of aryl methyl sites for hydroxylation is 1. The van der Waals surface area contributed by atoms with Crippen molar-refractivity contribution in [1.29, 1.82) is 0 Å². The maximum Gasteiger partial charge on any atom is 0.251 e. The molecule has 5 heteroatoms. The molecule has 0 saturated carbocycles. The second-order valence-corrected chi connectivity index (χ2v) is 4.99. The van der Waals surface area contributed by atoms with Gasteiger partial charge in [-0.25, -0.2) is 0 Å². The van der Waals surface area contributed by atoms with Gasteiger partial charge in [0.05, 0.1) is 13.2 Å². The standard InChI is InChI=1S/C15H23N3O2/c1-12-11-13(16-2)3-4-14(12)15(19)17-5-6-18-7-9-20-10-8-18/h3-4,11,16H,5-10H2,1-2H3,(H,17,19). The monoisotopic (exact) mass is 277 g/mol. The third kappa shape index (κ3) is 3.95.